The Kier molecular flexibility index (Phi) is 7.71. The van der Waals surface area contributed by atoms with Crippen LogP contribution in [-0.4, -0.2) is 67.2 Å². The lowest BCUT2D eigenvalue weighted by Crippen LogP contribution is -2.55. The molecule has 1 saturated heterocycles. The number of nitrogens with zero attached hydrogens (tertiary/aromatic N) is 2. The Labute approximate surface area is 147 Å². The van der Waals surface area contributed by atoms with Crippen LogP contribution in [0.3, 0.4) is 0 Å². The number of carbonyl (C=O) groups is 1. The topological polar surface area (TPSA) is 63.7 Å². The standard InChI is InChI=1S/C17H25N3O3S/c1-3-4-8-19-16(21)17(22-2,14-20-10-12-23-13-11-20)24-15-7-5-6-9-18-15/h3-7,9H,8,10-14H2,1-2H3,(H,19,21)/b4-3+. The summed E-state index contributed by atoms with van der Waals surface area (Å²) in [5.74, 6) is -0.148. The monoisotopic (exact) mass is 351 g/mol. The van der Waals surface area contributed by atoms with Gasteiger partial charge in [0, 0.05) is 39.5 Å². The Morgan fingerprint density at radius 3 is 2.92 bits per heavy atom. The van der Waals surface area contributed by atoms with Crippen molar-refractivity contribution in [3.8, 4) is 0 Å². The molecule has 1 N–H and O–H groups in total. The number of nitrogens with one attached hydrogen (secondary N) is 1. The second-order valence-corrected chi connectivity index (χ2v) is 6.68. The number of morpholine rings is 1. The summed E-state index contributed by atoms with van der Waals surface area (Å²) in [5, 5.41) is 3.69. The van der Waals surface area contributed by atoms with Crippen LogP contribution in [0, 0.1) is 0 Å². The van der Waals surface area contributed by atoms with E-state index < -0.39 is 4.93 Å². The van der Waals surface area contributed by atoms with E-state index in [2.05, 4.69) is 15.2 Å². The third-order valence-corrected chi connectivity index (χ3v) is 5.00. The van der Waals surface area contributed by atoms with Gasteiger partial charge in [-0.05, 0) is 19.1 Å². The van der Waals surface area contributed by atoms with E-state index in [1.54, 1.807) is 13.3 Å². The minimum Gasteiger partial charge on any atom is -0.379 e. The number of methoxy groups -OCH3 is 1. The molecule has 1 aliphatic rings. The molecule has 0 aliphatic carbocycles. The number of hydrogen-bond acceptors (Lipinski definition) is 6. The molecule has 1 aromatic heterocycles. The number of rotatable bonds is 8. The van der Waals surface area contributed by atoms with E-state index in [1.807, 2.05) is 37.3 Å². The number of pyridine rings is 1. The molecule has 6 nitrogen and oxygen atoms in total. The zero-order chi connectivity index (χ0) is 17.3. The second-order valence-electron chi connectivity index (χ2n) is 5.39. The first kappa shape index (κ1) is 18.9. The summed E-state index contributed by atoms with van der Waals surface area (Å²) in [4.78, 5) is 18.3. The fraction of sp³-hybridized carbons (Fsp3) is 0.529. The van der Waals surface area contributed by atoms with Gasteiger partial charge in [0.15, 0.2) is 0 Å². The SMILES string of the molecule is C/C=C/CNC(=O)C(CN1CCOCC1)(OC)Sc1ccccn1. The molecule has 0 radical (unpaired) electrons. The summed E-state index contributed by atoms with van der Waals surface area (Å²) >= 11 is 1.34. The molecule has 1 aromatic rings. The van der Waals surface area contributed by atoms with E-state index in [0.29, 0.717) is 26.3 Å². The van der Waals surface area contributed by atoms with Gasteiger partial charge >= 0.3 is 0 Å². The molecule has 0 bridgehead atoms. The summed E-state index contributed by atoms with van der Waals surface area (Å²) in [6.07, 6.45) is 5.52. The smallest absolute Gasteiger partial charge is 0.264 e. The van der Waals surface area contributed by atoms with Crippen molar-refractivity contribution in [1.82, 2.24) is 15.2 Å². The zero-order valence-electron chi connectivity index (χ0n) is 14.2. The Morgan fingerprint density at radius 2 is 2.29 bits per heavy atom. The second kappa shape index (κ2) is 9.78. The van der Waals surface area contributed by atoms with Crippen LogP contribution in [0.5, 0.6) is 0 Å². The normalized spacial score (nSPS) is 18.4. The third-order valence-electron chi connectivity index (χ3n) is 3.73. The lowest BCUT2D eigenvalue weighted by Gasteiger charge is -2.36. The molecule has 0 saturated carbocycles. The van der Waals surface area contributed by atoms with Gasteiger partial charge in [-0.25, -0.2) is 4.98 Å². The summed E-state index contributed by atoms with van der Waals surface area (Å²) in [7, 11) is 1.58. The molecule has 2 rings (SSSR count). The van der Waals surface area contributed by atoms with Crippen molar-refractivity contribution in [3.63, 3.8) is 0 Å². The first-order chi connectivity index (χ1) is 11.7. The predicted molar refractivity (Wildman–Crippen MR) is 94.9 cm³/mol. The van der Waals surface area contributed by atoms with E-state index in [-0.39, 0.29) is 5.91 Å². The number of allylic oxidation sites excluding steroid dienone is 1. The highest BCUT2D eigenvalue weighted by molar-refractivity contribution is 8.01. The van der Waals surface area contributed by atoms with Gasteiger partial charge in [-0.1, -0.05) is 30.0 Å². The van der Waals surface area contributed by atoms with Crippen LogP contribution in [0.25, 0.3) is 0 Å². The van der Waals surface area contributed by atoms with Crippen LogP contribution in [0.2, 0.25) is 0 Å². The minimum absolute atomic E-state index is 0.148. The summed E-state index contributed by atoms with van der Waals surface area (Å²) in [5.41, 5.74) is 0. The molecule has 1 unspecified atom stereocenters. The first-order valence-electron chi connectivity index (χ1n) is 8.05. The average Bonchev–Trinajstić information content (AvgIpc) is 2.63. The van der Waals surface area contributed by atoms with Crippen LogP contribution < -0.4 is 5.32 Å². The molecule has 0 aromatic carbocycles. The molecule has 1 aliphatic heterocycles. The molecule has 2 heterocycles. The van der Waals surface area contributed by atoms with Gasteiger partial charge in [0.2, 0.25) is 4.93 Å². The first-order valence-corrected chi connectivity index (χ1v) is 8.86. The molecule has 0 spiro atoms. The van der Waals surface area contributed by atoms with E-state index in [1.165, 1.54) is 11.8 Å². The Hall–Kier alpha value is -1.41. The molecule has 132 valence electrons. The molecular weight excluding hydrogens is 326 g/mol. The zero-order valence-corrected chi connectivity index (χ0v) is 15.1. The van der Waals surface area contributed by atoms with Crippen LogP contribution in [0.15, 0.2) is 41.6 Å². The highest BCUT2D eigenvalue weighted by Gasteiger charge is 2.42. The number of thioether (sulfide) groups is 1. The van der Waals surface area contributed by atoms with E-state index in [9.17, 15) is 4.79 Å². The Bertz CT molecular complexity index is 535. The van der Waals surface area contributed by atoms with Gasteiger partial charge in [-0.15, -0.1) is 0 Å². The highest BCUT2D eigenvalue weighted by Crippen LogP contribution is 2.34. The third kappa shape index (κ3) is 5.31. The van der Waals surface area contributed by atoms with Crippen molar-refractivity contribution < 1.29 is 14.3 Å². The van der Waals surface area contributed by atoms with Gasteiger partial charge in [-0.2, -0.15) is 0 Å². The Balaban J connectivity index is 2.17. The number of hydrogen-bond donors (Lipinski definition) is 1. The van der Waals surface area contributed by atoms with Crippen LogP contribution in [-0.2, 0) is 14.3 Å². The van der Waals surface area contributed by atoms with Crippen LogP contribution in [0.4, 0.5) is 0 Å². The predicted octanol–water partition coefficient (Wildman–Crippen LogP) is 1.54. The largest absolute Gasteiger partial charge is 0.379 e. The fourth-order valence-corrected chi connectivity index (χ4v) is 3.48. The van der Waals surface area contributed by atoms with Gasteiger partial charge in [0.25, 0.3) is 5.91 Å². The number of aromatic nitrogens is 1. The maximum atomic E-state index is 12.9. The minimum atomic E-state index is -1.05. The van der Waals surface area contributed by atoms with Crippen molar-refractivity contribution in [3.05, 3.63) is 36.5 Å². The van der Waals surface area contributed by atoms with Crippen molar-refractivity contribution in [1.29, 1.82) is 0 Å². The fourth-order valence-electron chi connectivity index (χ4n) is 2.38. The molecule has 1 fully saturated rings. The van der Waals surface area contributed by atoms with E-state index in [4.69, 9.17) is 9.47 Å². The summed E-state index contributed by atoms with van der Waals surface area (Å²) < 4.78 is 11.1. The Morgan fingerprint density at radius 1 is 1.50 bits per heavy atom. The van der Waals surface area contributed by atoms with Gasteiger partial charge < -0.3 is 14.8 Å². The highest BCUT2D eigenvalue weighted by atomic mass is 32.2. The van der Waals surface area contributed by atoms with E-state index >= 15 is 0 Å². The van der Waals surface area contributed by atoms with Crippen LogP contribution in [0.1, 0.15) is 6.92 Å². The van der Waals surface area contributed by atoms with Crippen LogP contribution >= 0.6 is 11.8 Å². The summed E-state index contributed by atoms with van der Waals surface area (Å²) in [6, 6.07) is 5.64. The molecule has 1 amide bonds. The molecular formula is C17H25N3O3S. The summed E-state index contributed by atoms with van der Waals surface area (Å²) in [6.45, 7) is 5.81. The quantitative estimate of drug-likeness (QED) is 0.435. The molecule has 7 heteroatoms. The average molecular weight is 351 g/mol. The van der Waals surface area contributed by atoms with Gasteiger partial charge in [0.05, 0.1) is 18.2 Å². The lowest BCUT2D eigenvalue weighted by molar-refractivity contribution is -0.136. The number of carbonyl (C=O) groups excluding carboxylic acids is 1. The van der Waals surface area contributed by atoms with Gasteiger partial charge in [-0.3, -0.25) is 9.69 Å². The molecule has 24 heavy (non-hydrogen) atoms. The lowest BCUT2D eigenvalue weighted by atomic mass is 10.2. The molecule has 1 atom stereocenters. The van der Waals surface area contributed by atoms with Crippen molar-refractivity contribution >= 4 is 17.7 Å². The van der Waals surface area contributed by atoms with Crippen molar-refractivity contribution in [2.75, 3.05) is 46.5 Å². The van der Waals surface area contributed by atoms with Gasteiger partial charge in [0.1, 0.15) is 0 Å². The number of ether oxygens (including phenoxy) is 2. The number of amides is 1. The maximum Gasteiger partial charge on any atom is 0.264 e. The van der Waals surface area contributed by atoms with E-state index in [0.717, 1.165) is 18.1 Å². The van der Waals surface area contributed by atoms with Crippen molar-refractivity contribution in [2.24, 2.45) is 0 Å². The maximum absolute atomic E-state index is 12.9. The van der Waals surface area contributed by atoms with Crippen molar-refractivity contribution in [2.45, 2.75) is 16.9 Å².